The second-order valence-electron chi connectivity index (χ2n) is 3.91. The van der Waals surface area contributed by atoms with Crippen molar-refractivity contribution in [3.05, 3.63) is 35.9 Å². The molecule has 0 aliphatic rings. The maximum absolute atomic E-state index is 3.71. The van der Waals surface area contributed by atoms with E-state index in [9.17, 15) is 0 Å². The van der Waals surface area contributed by atoms with Crippen molar-refractivity contribution in [3.63, 3.8) is 0 Å². The Hall–Kier alpha value is -0.0665. The van der Waals surface area contributed by atoms with Gasteiger partial charge in [-0.2, -0.15) is 35.9 Å². The third-order valence-corrected chi connectivity index (χ3v) is 2.57. The average molecular weight is 280 g/mol. The van der Waals surface area contributed by atoms with Gasteiger partial charge in [-0.1, -0.05) is 51.9 Å². The van der Waals surface area contributed by atoms with E-state index in [0.29, 0.717) is 0 Å². The predicted molar refractivity (Wildman–Crippen MR) is 69.9 cm³/mol. The number of hydrogen-bond donors (Lipinski definition) is 0. The van der Waals surface area contributed by atoms with Gasteiger partial charge in [0.15, 0.2) is 0 Å². The van der Waals surface area contributed by atoms with E-state index in [1.165, 1.54) is 50.5 Å². The summed E-state index contributed by atoms with van der Waals surface area (Å²) in [5.74, 6) is 0. The molecule has 0 aliphatic heterocycles. The molecule has 0 aromatic heterocycles. The van der Waals surface area contributed by atoms with Gasteiger partial charge in [0.05, 0.1) is 0 Å². The van der Waals surface area contributed by atoms with Gasteiger partial charge in [0.2, 0.25) is 0 Å². The van der Waals surface area contributed by atoms with E-state index < -0.39 is 0 Å². The van der Waals surface area contributed by atoms with Gasteiger partial charge >= 0.3 is 24.5 Å². The van der Waals surface area contributed by atoms with Crippen molar-refractivity contribution in [2.45, 2.75) is 51.9 Å². The Labute approximate surface area is 112 Å². The van der Waals surface area contributed by atoms with Gasteiger partial charge in [0.25, 0.3) is 0 Å². The number of benzene rings is 1. The van der Waals surface area contributed by atoms with E-state index in [-0.39, 0.29) is 0 Å². The molecular formula is C14H21NiS-. The molecule has 0 saturated heterocycles. The third kappa shape index (κ3) is 9.18. The average Bonchev–Trinajstić information content (AvgIpc) is 2.37. The summed E-state index contributed by atoms with van der Waals surface area (Å²) in [4.78, 5) is 0. The Morgan fingerprint density at radius 1 is 1.06 bits per heavy atom. The zero-order chi connectivity index (χ0) is 12.1. The molecule has 94 valence electrons. The Morgan fingerprint density at radius 2 is 1.75 bits per heavy atom. The zero-order valence-corrected chi connectivity index (χ0v) is 11.8. The van der Waals surface area contributed by atoms with Crippen molar-refractivity contribution < 1.29 is 13.9 Å². The van der Waals surface area contributed by atoms with E-state index in [0.717, 1.165) is 0 Å². The molecule has 0 unspecified atom stereocenters. The molecule has 1 aromatic rings. The first-order valence-corrected chi connectivity index (χ1v) is 7.48. The van der Waals surface area contributed by atoms with Crippen molar-refractivity contribution >= 4 is 10.7 Å². The number of unbranched alkanes of at least 4 members (excludes halogenated alkanes) is 5. The van der Waals surface area contributed by atoms with Gasteiger partial charge in [-0.3, -0.25) is 0 Å². The molecule has 0 radical (unpaired) electrons. The Kier molecular flexibility index (Phi) is 12.9. The van der Waals surface area contributed by atoms with Crippen molar-refractivity contribution in [3.8, 4) is 0 Å². The summed E-state index contributed by atoms with van der Waals surface area (Å²) in [5.41, 5.74) is 1.36. The molecule has 0 nitrogen and oxygen atoms in total. The van der Waals surface area contributed by atoms with Crippen LogP contribution in [0.15, 0.2) is 24.3 Å². The quantitative estimate of drug-likeness (QED) is 0.383. The van der Waals surface area contributed by atoms with Crippen molar-refractivity contribution in [1.82, 2.24) is 0 Å². The van der Waals surface area contributed by atoms with E-state index in [4.69, 9.17) is 0 Å². The van der Waals surface area contributed by atoms with E-state index in [1.807, 2.05) is 12.1 Å². The number of hydrogen-bond acceptors (Lipinski definition) is 1. The summed E-state index contributed by atoms with van der Waals surface area (Å²) in [6.45, 7) is 2.26. The van der Waals surface area contributed by atoms with Crippen LogP contribution in [0.2, 0.25) is 0 Å². The van der Waals surface area contributed by atoms with Crippen LogP contribution in [0.5, 0.6) is 0 Å². The van der Waals surface area contributed by atoms with Crippen LogP contribution < -0.4 is 0 Å². The fraction of sp³-hybridized carbons (Fsp3) is 0.571. The summed E-state index contributed by atoms with van der Waals surface area (Å²) in [5, 5.41) is 0. The zero-order valence-electron chi connectivity index (χ0n) is 9.98. The second kappa shape index (κ2) is 13.0. The van der Waals surface area contributed by atoms with Crippen LogP contribution >= 0.6 is 10.7 Å². The van der Waals surface area contributed by atoms with Crippen LogP contribution in [0, 0.1) is 6.07 Å². The minimum absolute atomic E-state index is 1.20. The van der Waals surface area contributed by atoms with E-state index in [2.05, 4.69) is 49.6 Å². The van der Waals surface area contributed by atoms with Crippen LogP contribution in [-0.2, 0) is 20.3 Å². The Bertz CT molecular complexity index is 236. The van der Waals surface area contributed by atoms with E-state index >= 15 is 0 Å². The molecule has 16 heavy (non-hydrogen) atoms. The number of aryl methyl sites for hydroxylation is 1. The fourth-order valence-electron chi connectivity index (χ4n) is 1.68. The van der Waals surface area contributed by atoms with Gasteiger partial charge in [-0.05, 0) is 0 Å². The van der Waals surface area contributed by atoms with Crippen LogP contribution in [0.25, 0.3) is 0 Å². The van der Waals surface area contributed by atoms with Crippen molar-refractivity contribution in [1.29, 1.82) is 0 Å². The van der Waals surface area contributed by atoms with Crippen LogP contribution in [-0.4, -0.2) is 0 Å². The Balaban J connectivity index is 0.00000106. The van der Waals surface area contributed by atoms with Crippen LogP contribution in [0.3, 0.4) is 0 Å². The molecule has 0 spiro atoms. The normalized spacial score (nSPS) is 9.44. The van der Waals surface area contributed by atoms with Gasteiger partial charge in [-0.25, -0.2) is 0 Å². The second-order valence-corrected chi connectivity index (χ2v) is 3.91. The molecule has 1 aromatic carbocycles. The predicted octanol–water partition coefficient (Wildman–Crippen LogP) is 5.04. The standard InChI is InChI=1S/C14H21.Ni.S/c1-2-3-4-5-6-8-11-14-12-9-7-10-13-14;;/h7,9-10,12H,2-6,8,11H2,1H3;;/q-1;;. The van der Waals surface area contributed by atoms with Gasteiger partial charge in [-0.15, -0.1) is 0 Å². The summed E-state index contributed by atoms with van der Waals surface area (Å²) < 4.78 is 0. The van der Waals surface area contributed by atoms with Gasteiger partial charge in [0.1, 0.15) is 0 Å². The van der Waals surface area contributed by atoms with Crippen molar-refractivity contribution in [2.75, 3.05) is 0 Å². The SMILES string of the molecule is CCCCCCCCc1[c-]cccc1.[S]=[Ni]. The Morgan fingerprint density at radius 3 is 2.38 bits per heavy atom. The summed E-state index contributed by atoms with van der Waals surface area (Å²) in [6.07, 6.45) is 9.46. The van der Waals surface area contributed by atoms with Crippen molar-refractivity contribution in [2.24, 2.45) is 0 Å². The van der Waals surface area contributed by atoms with Crippen LogP contribution in [0.4, 0.5) is 0 Å². The summed E-state index contributed by atoms with van der Waals surface area (Å²) >= 11 is 3.46. The monoisotopic (exact) mass is 279 g/mol. The molecule has 0 N–H and O–H groups in total. The molecule has 1 rings (SSSR count). The molecule has 0 fully saturated rings. The first-order valence-electron chi connectivity index (χ1n) is 6.02. The molecule has 0 atom stereocenters. The molecule has 2 heteroatoms. The summed E-state index contributed by atoms with van der Waals surface area (Å²) in [7, 11) is 3.71. The van der Waals surface area contributed by atoms with E-state index in [1.54, 1.807) is 0 Å². The molecule has 0 bridgehead atoms. The topological polar surface area (TPSA) is 0 Å². The van der Waals surface area contributed by atoms with Gasteiger partial charge < -0.3 is 0 Å². The van der Waals surface area contributed by atoms with Crippen LogP contribution in [0.1, 0.15) is 51.0 Å². The molecule has 0 heterocycles. The first-order chi connectivity index (χ1) is 7.93. The summed E-state index contributed by atoms with van der Waals surface area (Å²) in [6, 6.07) is 11.6. The number of rotatable bonds is 7. The molecule has 0 amide bonds. The minimum atomic E-state index is 1.20. The van der Waals surface area contributed by atoms with Gasteiger partial charge in [0, 0.05) is 0 Å². The maximum atomic E-state index is 3.71. The fourth-order valence-corrected chi connectivity index (χ4v) is 1.68. The molecule has 0 aliphatic carbocycles. The molecule has 0 saturated carbocycles. The third-order valence-electron chi connectivity index (χ3n) is 2.57. The first kappa shape index (κ1) is 15.9. The molecular weight excluding hydrogens is 259 g/mol.